The first-order chi connectivity index (χ1) is 6.30. The van der Waals surface area contributed by atoms with Gasteiger partial charge in [-0.05, 0) is 12.8 Å². The van der Waals surface area contributed by atoms with Crippen molar-refractivity contribution >= 4 is 0 Å². The Morgan fingerprint density at radius 2 is 2.38 bits per heavy atom. The third kappa shape index (κ3) is 1.22. The lowest BCUT2D eigenvalue weighted by molar-refractivity contribution is 0.393. The van der Waals surface area contributed by atoms with Crippen molar-refractivity contribution in [2.75, 3.05) is 7.11 Å². The van der Waals surface area contributed by atoms with Crippen LogP contribution in [0.25, 0.3) is 0 Å². The van der Waals surface area contributed by atoms with Gasteiger partial charge in [0.2, 0.25) is 5.88 Å². The van der Waals surface area contributed by atoms with E-state index in [1.54, 1.807) is 19.4 Å². The largest absolute Gasteiger partial charge is 0.481 e. The summed E-state index contributed by atoms with van der Waals surface area (Å²) in [6, 6.07) is 3.92. The Morgan fingerprint density at radius 1 is 1.62 bits per heavy atom. The second kappa shape index (κ2) is 2.70. The van der Waals surface area contributed by atoms with E-state index in [1.807, 2.05) is 0 Å². The van der Waals surface area contributed by atoms with Crippen LogP contribution in [0, 0.1) is 11.3 Å². The van der Waals surface area contributed by atoms with Crippen LogP contribution in [-0.2, 0) is 5.41 Å². The van der Waals surface area contributed by atoms with Crippen LogP contribution in [-0.4, -0.2) is 17.1 Å². The number of methoxy groups -OCH3 is 1. The molecule has 0 bridgehead atoms. The first-order valence-electron chi connectivity index (χ1n) is 4.09. The molecule has 1 saturated carbocycles. The van der Waals surface area contributed by atoms with E-state index in [9.17, 15) is 0 Å². The first-order valence-corrected chi connectivity index (χ1v) is 4.09. The van der Waals surface area contributed by atoms with Crippen molar-refractivity contribution in [3.05, 3.63) is 18.1 Å². The maximum atomic E-state index is 8.90. The van der Waals surface area contributed by atoms with E-state index in [0.717, 1.165) is 12.8 Å². The first kappa shape index (κ1) is 7.99. The number of ether oxygens (including phenoxy) is 1. The monoisotopic (exact) mass is 175 g/mol. The van der Waals surface area contributed by atoms with E-state index in [-0.39, 0.29) is 0 Å². The van der Waals surface area contributed by atoms with E-state index < -0.39 is 5.41 Å². The Labute approximate surface area is 76.2 Å². The Bertz CT molecular complexity index is 365. The zero-order chi connectivity index (χ0) is 9.31. The summed E-state index contributed by atoms with van der Waals surface area (Å²) in [5.74, 6) is 1.11. The predicted octanol–water partition coefficient (Wildman–Crippen LogP) is 1.04. The highest BCUT2D eigenvalue weighted by Gasteiger charge is 2.48. The second-order valence-electron chi connectivity index (χ2n) is 3.12. The lowest BCUT2D eigenvalue weighted by atomic mass is 10.1. The van der Waals surface area contributed by atoms with Crippen LogP contribution in [0.2, 0.25) is 0 Å². The fourth-order valence-corrected chi connectivity index (χ4v) is 1.20. The van der Waals surface area contributed by atoms with Gasteiger partial charge in [-0.3, -0.25) is 0 Å². The van der Waals surface area contributed by atoms with Gasteiger partial charge in [-0.2, -0.15) is 10.2 Å². The molecule has 1 fully saturated rings. The van der Waals surface area contributed by atoms with Gasteiger partial charge in [-0.25, -0.2) is 4.98 Å². The van der Waals surface area contributed by atoms with Crippen molar-refractivity contribution < 1.29 is 4.74 Å². The van der Waals surface area contributed by atoms with Crippen molar-refractivity contribution in [1.82, 2.24) is 9.97 Å². The average Bonchev–Trinajstić information content (AvgIpc) is 2.99. The second-order valence-corrected chi connectivity index (χ2v) is 3.12. The molecule has 1 heterocycles. The lowest BCUT2D eigenvalue weighted by Gasteiger charge is -2.04. The van der Waals surface area contributed by atoms with Crippen LogP contribution in [0.4, 0.5) is 0 Å². The molecule has 0 aliphatic heterocycles. The maximum absolute atomic E-state index is 8.90. The molecule has 1 aromatic heterocycles. The number of hydrogen-bond acceptors (Lipinski definition) is 4. The van der Waals surface area contributed by atoms with E-state index in [0.29, 0.717) is 11.7 Å². The summed E-state index contributed by atoms with van der Waals surface area (Å²) in [4.78, 5) is 8.22. The van der Waals surface area contributed by atoms with Crippen molar-refractivity contribution in [2.24, 2.45) is 0 Å². The molecule has 13 heavy (non-hydrogen) atoms. The summed E-state index contributed by atoms with van der Waals surface area (Å²) in [6.07, 6.45) is 3.34. The van der Waals surface area contributed by atoms with Gasteiger partial charge in [-0.15, -0.1) is 0 Å². The SMILES string of the molecule is COc1ccnc(C2(C#N)CC2)n1. The Kier molecular flexibility index (Phi) is 1.66. The minimum Gasteiger partial charge on any atom is -0.481 e. The molecule has 0 radical (unpaired) electrons. The molecule has 0 saturated heterocycles. The number of hydrogen-bond donors (Lipinski definition) is 0. The minimum absolute atomic E-state index is 0.422. The highest BCUT2D eigenvalue weighted by atomic mass is 16.5. The van der Waals surface area contributed by atoms with Gasteiger partial charge in [0.25, 0.3) is 0 Å². The molecular formula is C9H9N3O. The normalized spacial score (nSPS) is 17.5. The zero-order valence-corrected chi connectivity index (χ0v) is 7.32. The maximum Gasteiger partial charge on any atom is 0.216 e. The highest BCUT2D eigenvalue weighted by Crippen LogP contribution is 2.45. The summed E-state index contributed by atoms with van der Waals surface area (Å²) < 4.78 is 4.96. The van der Waals surface area contributed by atoms with Gasteiger partial charge in [-0.1, -0.05) is 0 Å². The topological polar surface area (TPSA) is 58.8 Å². The van der Waals surface area contributed by atoms with Gasteiger partial charge >= 0.3 is 0 Å². The van der Waals surface area contributed by atoms with E-state index in [2.05, 4.69) is 16.0 Å². The van der Waals surface area contributed by atoms with Gasteiger partial charge in [0, 0.05) is 12.3 Å². The van der Waals surface area contributed by atoms with Crippen molar-refractivity contribution in [1.29, 1.82) is 5.26 Å². The number of aromatic nitrogens is 2. The van der Waals surface area contributed by atoms with Gasteiger partial charge in [0.15, 0.2) is 5.82 Å². The molecule has 4 heteroatoms. The van der Waals surface area contributed by atoms with E-state index in [1.165, 1.54) is 0 Å². The molecule has 1 aromatic rings. The molecular weight excluding hydrogens is 166 g/mol. The van der Waals surface area contributed by atoms with Crippen LogP contribution in [0.1, 0.15) is 18.7 Å². The molecule has 0 amide bonds. The summed E-state index contributed by atoms with van der Waals surface area (Å²) >= 11 is 0. The molecule has 1 aliphatic rings. The molecule has 0 aromatic carbocycles. The predicted molar refractivity (Wildman–Crippen MR) is 45.1 cm³/mol. The third-order valence-corrected chi connectivity index (χ3v) is 2.23. The fourth-order valence-electron chi connectivity index (χ4n) is 1.20. The smallest absolute Gasteiger partial charge is 0.216 e. The minimum atomic E-state index is -0.422. The summed E-state index contributed by atoms with van der Waals surface area (Å²) in [5.41, 5.74) is -0.422. The van der Waals surface area contributed by atoms with Crippen molar-refractivity contribution in [3.8, 4) is 11.9 Å². The standard InChI is InChI=1S/C9H9N3O/c1-13-7-2-5-11-8(12-7)9(6-10)3-4-9/h2,5H,3-4H2,1H3. The fraction of sp³-hybridized carbons (Fsp3) is 0.444. The van der Waals surface area contributed by atoms with Crippen LogP contribution in [0.5, 0.6) is 5.88 Å². The quantitative estimate of drug-likeness (QED) is 0.673. The number of nitriles is 1. The number of nitrogens with zero attached hydrogens (tertiary/aromatic N) is 3. The van der Waals surface area contributed by atoms with Crippen LogP contribution >= 0.6 is 0 Å². The summed E-state index contributed by atoms with van der Waals surface area (Å²) in [5, 5.41) is 8.90. The van der Waals surface area contributed by atoms with Crippen LogP contribution in [0.3, 0.4) is 0 Å². The van der Waals surface area contributed by atoms with E-state index in [4.69, 9.17) is 10.00 Å². The molecule has 0 atom stereocenters. The molecule has 1 aliphatic carbocycles. The van der Waals surface area contributed by atoms with Gasteiger partial charge in [0.05, 0.1) is 13.2 Å². The van der Waals surface area contributed by atoms with Gasteiger partial charge < -0.3 is 4.74 Å². The molecule has 0 unspecified atom stereocenters. The van der Waals surface area contributed by atoms with Crippen molar-refractivity contribution in [3.63, 3.8) is 0 Å². The van der Waals surface area contributed by atoms with Crippen LogP contribution in [0.15, 0.2) is 12.3 Å². The zero-order valence-electron chi connectivity index (χ0n) is 7.32. The summed E-state index contributed by atoms with van der Waals surface area (Å²) in [6.45, 7) is 0. The molecule has 4 nitrogen and oxygen atoms in total. The Balaban J connectivity index is 2.37. The molecule has 2 rings (SSSR count). The summed E-state index contributed by atoms with van der Waals surface area (Å²) in [7, 11) is 1.55. The van der Waals surface area contributed by atoms with E-state index >= 15 is 0 Å². The lowest BCUT2D eigenvalue weighted by Crippen LogP contribution is -2.08. The highest BCUT2D eigenvalue weighted by molar-refractivity contribution is 5.30. The van der Waals surface area contributed by atoms with Crippen molar-refractivity contribution in [2.45, 2.75) is 18.3 Å². The molecule has 66 valence electrons. The van der Waals surface area contributed by atoms with Crippen LogP contribution < -0.4 is 4.74 Å². The Hall–Kier alpha value is -1.63. The third-order valence-electron chi connectivity index (χ3n) is 2.23. The number of rotatable bonds is 2. The van der Waals surface area contributed by atoms with Gasteiger partial charge in [0.1, 0.15) is 5.41 Å². The average molecular weight is 175 g/mol. The Morgan fingerprint density at radius 3 is 2.92 bits per heavy atom. The molecule has 0 spiro atoms. The molecule has 0 N–H and O–H groups in total.